The minimum Gasteiger partial charge on any atom is -0.469 e. The van der Waals surface area contributed by atoms with Gasteiger partial charge in [0.05, 0.1) is 36.0 Å². The first kappa shape index (κ1) is 30.9. The van der Waals surface area contributed by atoms with E-state index in [-0.39, 0.29) is 42.4 Å². The number of carbonyl (C=O) groups is 3. The maximum absolute atomic E-state index is 13.6. The summed E-state index contributed by atoms with van der Waals surface area (Å²) in [6.45, 7) is 9.65. The van der Waals surface area contributed by atoms with E-state index in [1.54, 1.807) is 20.8 Å². The third-order valence-electron chi connectivity index (χ3n) is 9.36. The van der Waals surface area contributed by atoms with Crippen LogP contribution < -0.4 is 10.1 Å². The van der Waals surface area contributed by atoms with E-state index >= 15 is 0 Å². The molecule has 2 aromatic rings. The maximum atomic E-state index is 13.6. The van der Waals surface area contributed by atoms with Gasteiger partial charge < -0.3 is 24.6 Å². The molecule has 2 saturated heterocycles. The SMILES string of the molecule is COC(=O)C(C)COc1nc(C)c(C(=O)N2CC3CN(CC[C@H](NC(=O)C4CCCC4)c4ccccc4)CC3C2)c(C)n1. The van der Waals surface area contributed by atoms with Crippen molar-refractivity contribution < 1.29 is 23.9 Å². The summed E-state index contributed by atoms with van der Waals surface area (Å²) in [6.07, 6.45) is 5.16. The van der Waals surface area contributed by atoms with E-state index in [1.165, 1.54) is 7.11 Å². The van der Waals surface area contributed by atoms with Gasteiger partial charge in [0.1, 0.15) is 6.61 Å². The van der Waals surface area contributed by atoms with Gasteiger partial charge in [0.25, 0.3) is 5.91 Å². The van der Waals surface area contributed by atoms with Crippen LogP contribution in [0.3, 0.4) is 0 Å². The zero-order valence-corrected chi connectivity index (χ0v) is 25.9. The number of likely N-dealkylation sites (tertiary alicyclic amines) is 2. The lowest BCUT2D eigenvalue weighted by atomic mass is 10.0. The van der Waals surface area contributed by atoms with Crippen molar-refractivity contribution in [2.45, 2.75) is 58.9 Å². The van der Waals surface area contributed by atoms with Gasteiger partial charge in [-0.2, -0.15) is 9.97 Å². The second-order valence-corrected chi connectivity index (χ2v) is 12.5. The average molecular weight is 592 g/mol. The van der Waals surface area contributed by atoms with Gasteiger partial charge in [0, 0.05) is 38.6 Å². The Hall–Kier alpha value is -3.53. The molecule has 0 spiro atoms. The fourth-order valence-electron chi connectivity index (χ4n) is 6.92. The van der Waals surface area contributed by atoms with E-state index in [0.29, 0.717) is 41.9 Å². The van der Waals surface area contributed by atoms with E-state index in [4.69, 9.17) is 9.47 Å². The highest BCUT2D eigenvalue weighted by Gasteiger charge is 2.42. The first-order chi connectivity index (χ1) is 20.7. The van der Waals surface area contributed by atoms with Crippen molar-refractivity contribution in [1.29, 1.82) is 0 Å². The van der Waals surface area contributed by atoms with Crippen molar-refractivity contribution in [3.05, 3.63) is 52.8 Å². The van der Waals surface area contributed by atoms with Gasteiger partial charge in [0.2, 0.25) is 5.91 Å². The highest BCUT2D eigenvalue weighted by atomic mass is 16.5. The van der Waals surface area contributed by atoms with Crippen LogP contribution in [-0.4, -0.2) is 84.0 Å². The largest absolute Gasteiger partial charge is 0.469 e. The van der Waals surface area contributed by atoms with Gasteiger partial charge in [-0.15, -0.1) is 0 Å². The molecule has 10 nitrogen and oxygen atoms in total. The molecule has 0 radical (unpaired) electrons. The molecule has 232 valence electrons. The van der Waals surface area contributed by atoms with Gasteiger partial charge in [-0.3, -0.25) is 14.4 Å². The maximum Gasteiger partial charge on any atom is 0.316 e. The number of carbonyl (C=O) groups excluding carboxylic acids is 3. The van der Waals surface area contributed by atoms with Crippen molar-refractivity contribution in [3.63, 3.8) is 0 Å². The Kier molecular flexibility index (Phi) is 9.95. The van der Waals surface area contributed by atoms with E-state index in [0.717, 1.165) is 57.3 Å². The van der Waals surface area contributed by atoms with Gasteiger partial charge in [-0.05, 0) is 57.4 Å². The van der Waals surface area contributed by atoms with Crippen molar-refractivity contribution in [3.8, 4) is 6.01 Å². The number of amides is 2. The van der Waals surface area contributed by atoms with Crippen LogP contribution in [0.1, 0.15) is 72.4 Å². The van der Waals surface area contributed by atoms with Gasteiger partial charge in [-0.1, -0.05) is 43.2 Å². The molecule has 2 aliphatic heterocycles. The van der Waals surface area contributed by atoms with E-state index in [1.807, 2.05) is 23.1 Å². The molecule has 10 heteroatoms. The second-order valence-electron chi connectivity index (χ2n) is 12.5. The van der Waals surface area contributed by atoms with Crippen molar-refractivity contribution in [2.24, 2.45) is 23.7 Å². The topological polar surface area (TPSA) is 114 Å². The molecular weight excluding hydrogens is 546 g/mol. The molecule has 2 amide bonds. The zero-order chi connectivity index (χ0) is 30.5. The van der Waals surface area contributed by atoms with Crippen LogP contribution in [0.4, 0.5) is 0 Å². The Morgan fingerprint density at radius 1 is 0.977 bits per heavy atom. The van der Waals surface area contributed by atoms with Crippen molar-refractivity contribution in [1.82, 2.24) is 25.1 Å². The number of ether oxygens (including phenoxy) is 2. The summed E-state index contributed by atoms with van der Waals surface area (Å²) in [4.78, 5) is 51.5. The van der Waals surface area contributed by atoms with Crippen LogP contribution in [0, 0.1) is 37.5 Å². The minimum absolute atomic E-state index is 0.00870. The molecule has 1 aromatic heterocycles. The number of aryl methyl sites for hydroxylation is 2. The third-order valence-corrected chi connectivity index (χ3v) is 9.36. The molecule has 1 N–H and O–H groups in total. The zero-order valence-electron chi connectivity index (χ0n) is 25.9. The summed E-state index contributed by atoms with van der Waals surface area (Å²) in [5.41, 5.74) is 2.83. The van der Waals surface area contributed by atoms with Crippen LogP contribution in [0.15, 0.2) is 30.3 Å². The lowest BCUT2D eigenvalue weighted by Gasteiger charge is -2.26. The predicted octanol–water partition coefficient (Wildman–Crippen LogP) is 3.72. The Labute approximate surface area is 254 Å². The number of esters is 1. The molecule has 5 rings (SSSR count). The van der Waals surface area contributed by atoms with Crippen LogP contribution in [-0.2, 0) is 14.3 Å². The Morgan fingerprint density at radius 3 is 2.21 bits per heavy atom. The van der Waals surface area contributed by atoms with Crippen LogP contribution in [0.5, 0.6) is 6.01 Å². The summed E-state index contributed by atoms with van der Waals surface area (Å²) >= 11 is 0. The average Bonchev–Trinajstić information content (AvgIpc) is 3.75. The second kappa shape index (κ2) is 13.8. The normalized spacial score (nSPS) is 21.8. The number of rotatable bonds is 11. The molecule has 0 bridgehead atoms. The Bertz CT molecular complexity index is 1260. The van der Waals surface area contributed by atoms with Crippen LogP contribution >= 0.6 is 0 Å². The number of nitrogens with one attached hydrogen (secondary N) is 1. The van der Waals surface area contributed by atoms with E-state index < -0.39 is 5.92 Å². The number of hydrogen-bond acceptors (Lipinski definition) is 8. The quantitative estimate of drug-likeness (QED) is 0.394. The number of methoxy groups -OCH3 is 1. The summed E-state index contributed by atoms with van der Waals surface area (Å²) < 4.78 is 10.4. The Morgan fingerprint density at radius 2 is 1.60 bits per heavy atom. The summed E-state index contributed by atoms with van der Waals surface area (Å²) in [7, 11) is 1.34. The van der Waals surface area contributed by atoms with Gasteiger partial charge >= 0.3 is 12.0 Å². The van der Waals surface area contributed by atoms with Crippen molar-refractivity contribution >= 4 is 17.8 Å². The fourth-order valence-corrected chi connectivity index (χ4v) is 6.92. The first-order valence-corrected chi connectivity index (χ1v) is 15.7. The molecule has 3 fully saturated rings. The molecule has 3 heterocycles. The van der Waals surface area contributed by atoms with Gasteiger partial charge in [0.15, 0.2) is 0 Å². The highest BCUT2D eigenvalue weighted by Crippen LogP contribution is 2.33. The Balaban J connectivity index is 1.14. The summed E-state index contributed by atoms with van der Waals surface area (Å²) in [6, 6.07) is 10.5. The molecule has 3 unspecified atom stereocenters. The first-order valence-electron chi connectivity index (χ1n) is 15.7. The standard InChI is InChI=1S/C33H45N5O5/c1-21(32(41)42-4)20-43-33-34-22(2)29(23(3)35-33)31(40)38-18-26-16-37(17-27(26)19-38)15-14-28(24-10-6-5-7-11-24)36-30(39)25-12-8-9-13-25/h5-7,10-11,21,25-28H,8-9,12-20H2,1-4H3,(H,36,39)/t21?,26?,27?,28-/m0/s1. The smallest absolute Gasteiger partial charge is 0.316 e. The summed E-state index contributed by atoms with van der Waals surface area (Å²) in [5.74, 6) is 0.359. The molecular formula is C33H45N5O5. The number of hydrogen-bond donors (Lipinski definition) is 1. The summed E-state index contributed by atoms with van der Waals surface area (Å²) in [5, 5.41) is 3.37. The fraction of sp³-hybridized carbons (Fsp3) is 0.606. The minimum atomic E-state index is -0.445. The van der Waals surface area contributed by atoms with Crippen LogP contribution in [0.2, 0.25) is 0 Å². The number of aromatic nitrogens is 2. The lowest BCUT2D eigenvalue weighted by molar-refractivity contribution is -0.145. The monoisotopic (exact) mass is 591 g/mol. The van der Waals surface area contributed by atoms with Crippen molar-refractivity contribution in [2.75, 3.05) is 46.4 Å². The molecule has 1 aliphatic carbocycles. The molecule has 4 atom stereocenters. The lowest BCUT2D eigenvalue weighted by Crippen LogP contribution is -2.37. The van der Waals surface area contributed by atoms with E-state index in [9.17, 15) is 14.4 Å². The molecule has 3 aliphatic rings. The van der Waals surface area contributed by atoms with Crippen LogP contribution in [0.25, 0.3) is 0 Å². The number of benzene rings is 1. The molecule has 1 saturated carbocycles. The van der Waals surface area contributed by atoms with E-state index in [2.05, 4.69) is 32.3 Å². The highest BCUT2D eigenvalue weighted by molar-refractivity contribution is 5.96. The van der Waals surface area contributed by atoms with Gasteiger partial charge in [-0.25, -0.2) is 0 Å². The third kappa shape index (κ3) is 7.34. The number of nitrogens with zero attached hydrogens (tertiary/aromatic N) is 4. The predicted molar refractivity (Wildman–Crippen MR) is 161 cm³/mol. The molecule has 43 heavy (non-hydrogen) atoms. The molecule has 1 aromatic carbocycles. The number of fused-ring (bicyclic) bond motifs is 1.